The van der Waals surface area contributed by atoms with Crippen molar-refractivity contribution in [3.05, 3.63) is 53.3 Å². The van der Waals surface area contributed by atoms with Crippen molar-refractivity contribution < 1.29 is 18.8 Å². The fraction of sp³-hybridized carbons (Fsp3) is 0.381. The number of amides is 2. The molecule has 1 N–H and O–H groups in total. The highest BCUT2D eigenvalue weighted by molar-refractivity contribution is 6.05. The highest BCUT2D eigenvalue weighted by Crippen LogP contribution is 2.52. The molecule has 2 aromatic rings. The molecule has 144 valence electrons. The van der Waals surface area contributed by atoms with Crippen LogP contribution in [0.5, 0.6) is 0 Å². The first-order valence-corrected chi connectivity index (χ1v) is 9.37. The van der Waals surface area contributed by atoms with Gasteiger partial charge in [-0.25, -0.2) is 0 Å². The number of carbonyl (C=O) groups excluding carboxylic acids is 2. The van der Waals surface area contributed by atoms with E-state index in [1.54, 1.807) is 17.9 Å². The Hall–Kier alpha value is -2.93. The van der Waals surface area contributed by atoms with E-state index >= 15 is 0 Å². The molecular weight excluding hydrogens is 358 g/mol. The van der Waals surface area contributed by atoms with E-state index in [4.69, 9.17) is 9.26 Å². The Bertz CT molecular complexity index is 1010. The molecule has 0 aliphatic carbocycles. The maximum absolute atomic E-state index is 13.2. The Morgan fingerprint density at radius 3 is 2.64 bits per heavy atom. The summed E-state index contributed by atoms with van der Waals surface area (Å²) in [5, 5.41) is 6.94. The summed E-state index contributed by atoms with van der Waals surface area (Å²) in [7, 11) is 0. The van der Waals surface area contributed by atoms with Crippen molar-refractivity contribution in [1.29, 1.82) is 0 Å². The number of carbonyl (C=O) groups is 2. The number of fused-ring (bicyclic) bond motifs is 1. The van der Waals surface area contributed by atoms with Crippen LogP contribution in [-0.4, -0.2) is 35.2 Å². The molecule has 4 unspecified atom stereocenters. The lowest BCUT2D eigenvalue weighted by Crippen LogP contribution is -2.41. The minimum atomic E-state index is -0.779. The topological polar surface area (TPSA) is 84.7 Å². The largest absolute Gasteiger partial charge is 0.360 e. The molecule has 0 saturated carbocycles. The van der Waals surface area contributed by atoms with E-state index in [1.807, 2.05) is 44.2 Å². The predicted octanol–water partition coefficient (Wildman–Crippen LogP) is 2.52. The van der Waals surface area contributed by atoms with Gasteiger partial charge in [-0.2, -0.15) is 0 Å². The molecule has 3 aliphatic rings. The standard InChI is InChI=1S/C21H21N3O4/c1-11-6-12(2)8-14(7-11)22-19(25)17-15-4-5-21(27-15)10-24(20(26)18(17)21)16-9-13(3)28-23-16/h4-9,15,17-18H,10H2,1-3H3,(H,22,25). The number of rotatable bonds is 3. The molecule has 1 aromatic heterocycles. The van der Waals surface area contributed by atoms with E-state index < -0.39 is 17.4 Å². The van der Waals surface area contributed by atoms with Crippen LogP contribution in [0.15, 0.2) is 40.9 Å². The molecule has 2 fully saturated rings. The van der Waals surface area contributed by atoms with Gasteiger partial charge in [-0.05, 0) is 44.0 Å². The van der Waals surface area contributed by atoms with Gasteiger partial charge in [0.1, 0.15) is 11.4 Å². The van der Waals surface area contributed by atoms with Crippen molar-refractivity contribution in [3.63, 3.8) is 0 Å². The van der Waals surface area contributed by atoms with Gasteiger partial charge < -0.3 is 14.6 Å². The highest BCUT2D eigenvalue weighted by Gasteiger charge is 2.67. The van der Waals surface area contributed by atoms with Gasteiger partial charge in [0.05, 0.1) is 24.5 Å². The van der Waals surface area contributed by atoms with Gasteiger partial charge in [-0.3, -0.25) is 14.5 Å². The van der Waals surface area contributed by atoms with Gasteiger partial charge in [0, 0.05) is 11.8 Å². The summed E-state index contributed by atoms with van der Waals surface area (Å²) in [6.45, 7) is 6.08. The molecular formula is C21H21N3O4. The smallest absolute Gasteiger partial charge is 0.235 e. The molecule has 2 saturated heterocycles. The van der Waals surface area contributed by atoms with Gasteiger partial charge in [0.2, 0.25) is 11.8 Å². The SMILES string of the molecule is Cc1cc(C)cc(NC(=O)C2C3C=CC4(CN(c5cc(C)on5)C(=O)C24)O3)c1. The lowest BCUT2D eigenvalue weighted by atomic mass is 9.76. The molecule has 0 radical (unpaired) electrons. The summed E-state index contributed by atoms with van der Waals surface area (Å²) in [6.07, 6.45) is 3.43. The van der Waals surface area contributed by atoms with E-state index in [2.05, 4.69) is 10.5 Å². The first kappa shape index (κ1) is 17.2. The van der Waals surface area contributed by atoms with Crippen molar-refractivity contribution in [2.75, 3.05) is 16.8 Å². The number of hydrogen-bond acceptors (Lipinski definition) is 5. The Kier molecular flexibility index (Phi) is 3.55. The zero-order valence-electron chi connectivity index (χ0n) is 15.9. The fourth-order valence-corrected chi connectivity index (χ4v) is 4.74. The molecule has 1 aromatic carbocycles. The molecule has 4 heterocycles. The van der Waals surface area contributed by atoms with Gasteiger partial charge in [0.15, 0.2) is 5.82 Å². The zero-order valence-corrected chi connectivity index (χ0v) is 15.9. The Morgan fingerprint density at radius 2 is 1.96 bits per heavy atom. The van der Waals surface area contributed by atoms with Gasteiger partial charge >= 0.3 is 0 Å². The van der Waals surface area contributed by atoms with E-state index in [1.165, 1.54) is 0 Å². The molecule has 7 nitrogen and oxygen atoms in total. The summed E-state index contributed by atoms with van der Waals surface area (Å²) in [6, 6.07) is 7.61. The Morgan fingerprint density at radius 1 is 1.21 bits per heavy atom. The Labute approximate surface area is 162 Å². The van der Waals surface area contributed by atoms with Crippen LogP contribution in [0.4, 0.5) is 11.5 Å². The number of anilines is 2. The summed E-state index contributed by atoms with van der Waals surface area (Å²) in [5.74, 6) is -0.400. The number of nitrogens with one attached hydrogen (secondary N) is 1. The molecule has 2 bridgehead atoms. The molecule has 3 aliphatic heterocycles. The third kappa shape index (κ3) is 2.43. The molecule has 7 heteroatoms. The average Bonchev–Trinajstić information content (AvgIpc) is 3.35. The summed E-state index contributed by atoms with van der Waals surface area (Å²) >= 11 is 0. The van der Waals surface area contributed by atoms with E-state index in [0.29, 0.717) is 18.1 Å². The Balaban J connectivity index is 1.44. The second-order valence-corrected chi connectivity index (χ2v) is 7.99. The van der Waals surface area contributed by atoms with Crippen molar-refractivity contribution in [2.24, 2.45) is 11.8 Å². The average molecular weight is 379 g/mol. The van der Waals surface area contributed by atoms with Crippen molar-refractivity contribution in [1.82, 2.24) is 5.16 Å². The summed E-state index contributed by atoms with van der Waals surface area (Å²) < 4.78 is 11.3. The number of aromatic nitrogens is 1. The molecule has 2 amide bonds. The van der Waals surface area contributed by atoms with Gasteiger partial charge in [-0.1, -0.05) is 23.4 Å². The lowest BCUT2D eigenvalue weighted by molar-refractivity contribution is -0.128. The molecule has 28 heavy (non-hydrogen) atoms. The number of nitrogens with zero attached hydrogens (tertiary/aromatic N) is 2. The summed E-state index contributed by atoms with van der Waals surface area (Å²) in [4.78, 5) is 27.9. The van der Waals surface area contributed by atoms with Crippen LogP contribution in [0, 0.1) is 32.6 Å². The third-order valence-corrected chi connectivity index (χ3v) is 5.78. The third-order valence-electron chi connectivity index (χ3n) is 5.78. The number of benzene rings is 1. The van der Waals surface area contributed by atoms with E-state index in [9.17, 15) is 9.59 Å². The van der Waals surface area contributed by atoms with Gasteiger partial charge in [0.25, 0.3) is 0 Å². The number of aryl methyl sites for hydroxylation is 3. The van der Waals surface area contributed by atoms with E-state index in [-0.39, 0.29) is 17.9 Å². The van der Waals surface area contributed by atoms with Crippen molar-refractivity contribution in [2.45, 2.75) is 32.5 Å². The van der Waals surface area contributed by atoms with Crippen molar-refractivity contribution in [3.8, 4) is 0 Å². The van der Waals surface area contributed by atoms with Crippen LogP contribution in [0.1, 0.15) is 16.9 Å². The second-order valence-electron chi connectivity index (χ2n) is 7.99. The van der Waals surface area contributed by atoms with Crippen LogP contribution < -0.4 is 10.2 Å². The van der Waals surface area contributed by atoms with E-state index in [0.717, 1.165) is 16.8 Å². The molecule has 4 atom stereocenters. The second kappa shape index (κ2) is 5.78. The predicted molar refractivity (Wildman–Crippen MR) is 102 cm³/mol. The zero-order chi connectivity index (χ0) is 19.6. The maximum atomic E-state index is 13.2. The van der Waals surface area contributed by atoms with Gasteiger partial charge in [-0.15, -0.1) is 0 Å². The molecule has 5 rings (SSSR count). The fourth-order valence-electron chi connectivity index (χ4n) is 4.74. The van der Waals surface area contributed by atoms with Crippen LogP contribution in [0.25, 0.3) is 0 Å². The van der Waals surface area contributed by atoms with Crippen LogP contribution in [0.2, 0.25) is 0 Å². The number of ether oxygens (including phenoxy) is 1. The van der Waals surface area contributed by atoms with Crippen molar-refractivity contribution >= 4 is 23.3 Å². The first-order chi connectivity index (χ1) is 13.4. The normalized spacial score (nSPS) is 30.2. The summed E-state index contributed by atoms with van der Waals surface area (Å²) in [5.41, 5.74) is 2.09. The molecule has 1 spiro atoms. The van der Waals surface area contributed by atoms with Crippen LogP contribution >= 0.6 is 0 Å². The van der Waals surface area contributed by atoms with Crippen LogP contribution in [0.3, 0.4) is 0 Å². The maximum Gasteiger partial charge on any atom is 0.235 e. The quantitative estimate of drug-likeness (QED) is 0.829. The monoisotopic (exact) mass is 379 g/mol. The van der Waals surface area contributed by atoms with Crippen LogP contribution in [-0.2, 0) is 14.3 Å². The number of hydrogen-bond donors (Lipinski definition) is 1. The minimum absolute atomic E-state index is 0.152. The minimum Gasteiger partial charge on any atom is -0.360 e. The lowest BCUT2D eigenvalue weighted by Gasteiger charge is -2.23. The first-order valence-electron chi connectivity index (χ1n) is 9.37. The highest BCUT2D eigenvalue weighted by atomic mass is 16.5.